The number of hydrogen-bond donors (Lipinski definition) is 0. The highest BCUT2D eigenvalue weighted by Gasteiger charge is 2.24. The van der Waals surface area contributed by atoms with Gasteiger partial charge in [0.2, 0.25) is 0 Å². The first-order chi connectivity index (χ1) is 14.4. The van der Waals surface area contributed by atoms with Crippen LogP contribution in [0.4, 0.5) is 5.13 Å². The third-order valence-electron chi connectivity index (χ3n) is 5.33. The molecule has 1 heterocycles. The van der Waals surface area contributed by atoms with Gasteiger partial charge in [-0.05, 0) is 48.6 Å². The smallest absolute Gasteiger partial charge is 0.260 e. The molecule has 4 aromatic rings. The number of carbonyl (C=O) groups excluding carboxylic acids is 1. The summed E-state index contributed by atoms with van der Waals surface area (Å²) in [6, 6.07) is 22.4. The van der Waals surface area contributed by atoms with E-state index in [0.717, 1.165) is 37.6 Å². The second kappa shape index (κ2) is 8.41. The zero-order valence-electron chi connectivity index (χ0n) is 17.8. The predicted octanol–water partition coefficient (Wildman–Crippen LogP) is 6.88. The normalized spacial score (nSPS) is 11.2. The molecule has 0 atom stereocenters. The predicted molar refractivity (Wildman–Crippen MR) is 127 cm³/mol. The van der Waals surface area contributed by atoms with E-state index in [4.69, 9.17) is 4.98 Å². The molecule has 4 rings (SSSR count). The lowest BCUT2D eigenvalue weighted by atomic mass is 10.0. The van der Waals surface area contributed by atoms with E-state index >= 15 is 0 Å². The molecule has 1 aromatic heterocycles. The molecule has 0 aliphatic heterocycles. The third-order valence-corrected chi connectivity index (χ3v) is 6.38. The maximum Gasteiger partial charge on any atom is 0.260 e. The van der Waals surface area contributed by atoms with E-state index in [1.54, 1.807) is 11.3 Å². The SMILES string of the molecule is Cc1ccc(C(=O)N(Cc2ccccc2)c2nc3c(C(C)C)cccc3s2)c(C)c1. The van der Waals surface area contributed by atoms with Gasteiger partial charge in [-0.3, -0.25) is 9.69 Å². The van der Waals surface area contributed by atoms with Gasteiger partial charge in [0.05, 0.1) is 16.8 Å². The number of carbonyl (C=O) groups is 1. The van der Waals surface area contributed by atoms with E-state index in [9.17, 15) is 4.79 Å². The van der Waals surface area contributed by atoms with Gasteiger partial charge in [-0.25, -0.2) is 4.98 Å². The second-order valence-corrected chi connectivity index (χ2v) is 9.05. The van der Waals surface area contributed by atoms with Gasteiger partial charge in [-0.15, -0.1) is 0 Å². The van der Waals surface area contributed by atoms with Gasteiger partial charge >= 0.3 is 0 Å². The van der Waals surface area contributed by atoms with Gasteiger partial charge in [0.15, 0.2) is 5.13 Å². The average molecular weight is 415 g/mol. The summed E-state index contributed by atoms with van der Waals surface area (Å²) in [5.41, 5.74) is 6.16. The highest BCUT2D eigenvalue weighted by Crippen LogP contribution is 2.35. The molecule has 3 aromatic carbocycles. The largest absolute Gasteiger partial charge is 0.279 e. The molecule has 0 radical (unpaired) electrons. The van der Waals surface area contributed by atoms with Crippen molar-refractivity contribution in [1.29, 1.82) is 0 Å². The molecule has 0 N–H and O–H groups in total. The van der Waals surface area contributed by atoms with Crippen molar-refractivity contribution in [2.24, 2.45) is 0 Å². The number of thiazole rings is 1. The number of benzene rings is 3. The van der Waals surface area contributed by atoms with Crippen LogP contribution < -0.4 is 4.90 Å². The zero-order valence-corrected chi connectivity index (χ0v) is 18.7. The van der Waals surface area contributed by atoms with Crippen LogP contribution in [-0.2, 0) is 6.54 Å². The van der Waals surface area contributed by atoms with Crippen LogP contribution in [0.2, 0.25) is 0 Å². The van der Waals surface area contributed by atoms with E-state index in [2.05, 4.69) is 50.2 Å². The number of anilines is 1. The Morgan fingerprint density at radius 1 is 1.00 bits per heavy atom. The highest BCUT2D eigenvalue weighted by molar-refractivity contribution is 7.22. The van der Waals surface area contributed by atoms with Crippen LogP contribution in [0, 0.1) is 13.8 Å². The van der Waals surface area contributed by atoms with Crippen LogP contribution in [-0.4, -0.2) is 10.9 Å². The van der Waals surface area contributed by atoms with Gasteiger partial charge < -0.3 is 0 Å². The second-order valence-electron chi connectivity index (χ2n) is 8.04. The van der Waals surface area contributed by atoms with Crippen molar-refractivity contribution in [3.63, 3.8) is 0 Å². The fraction of sp³-hybridized carbons (Fsp3) is 0.231. The fourth-order valence-electron chi connectivity index (χ4n) is 3.73. The van der Waals surface area contributed by atoms with Gasteiger partial charge in [0.1, 0.15) is 0 Å². The summed E-state index contributed by atoms with van der Waals surface area (Å²) < 4.78 is 1.11. The van der Waals surface area contributed by atoms with E-state index in [0.29, 0.717) is 12.5 Å². The van der Waals surface area contributed by atoms with Crippen LogP contribution in [0.5, 0.6) is 0 Å². The fourth-order valence-corrected chi connectivity index (χ4v) is 4.73. The molecule has 0 fully saturated rings. The summed E-state index contributed by atoms with van der Waals surface area (Å²) >= 11 is 1.58. The minimum Gasteiger partial charge on any atom is -0.279 e. The molecule has 0 aliphatic carbocycles. The molecule has 0 spiro atoms. The molecular formula is C26H26N2OS. The summed E-state index contributed by atoms with van der Waals surface area (Å²) in [5, 5.41) is 0.743. The van der Waals surface area contributed by atoms with E-state index in [1.165, 1.54) is 5.56 Å². The zero-order chi connectivity index (χ0) is 21.3. The van der Waals surface area contributed by atoms with Gasteiger partial charge in [-0.1, -0.05) is 85.3 Å². The number of aromatic nitrogens is 1. The van der Waals surface area contributed by atoms with Crippen LogP contribution in [0.25, 0.3) is 10.2 Å². The van der Waals surface area contributed by atoms with Gasteiger partial charge in [0.25, 0.3) is 5.91 Å². The van der Waals surface area contributed by atoms with Crippen molar-refractivity contribution in [3.8, 4) is 0 Å². The Labute approximate surface area is 182 Å². The number of hydrogen-bond acceptors (Lipinski definition) is 3. The molecule has 30 heavy (non-hydrogen) atoms. The quantitative estimate of drug-likeness (QED) is 0.356. The molecule has 0 saturated carbocycles. The summed E-state index contributed by atoms with van der Waals surface area (Å²) in [4.78, 5) is 20.4. The van der Waals surface area contributed by atoms with Crippen molar-refractivity contribution in [2.45, 2.75) is 40.2 Å². The Balaban J connectivity index is 1.82. The maximum absolute atomic E-state index is 13.7. The lowest BCUT2D eigenvalue weighted by Gasteiger charge is -2.21. The number of fused-ring (bicyclic) bond motifs is 1. The minimum absolute atomic E-state index is 0.0125. The van der Waals surface area contributed by atoms with E-state index in [-0.39, 0.29) is 5.91 Å². The molecule has 0 aliphatic rings. The third kappa shape index (κ3) is 4.01. The summed E-state index contributed by atoms with van der Waals surface area (Å²) in [5.74, 6) is 0.364. The minimum atomic E-state index is -0.0125. The van der Waals surface area contributed by atoms with Crippen molar-refractivity contribution in [1.82, 2.24) is 4.98 Å². The highest BCUT2D eigenvalue weighted by atomic mass is 32.1. The Bertz CT molecular complexity index is 1190. The molecule has 0 saturated heterocycles. The number of amides is 1. The first kappa shape index (κ1) is 20.3. The van der Waals surface area contributed by atoms with Crippen LogP contribution in [0.3, 0.4) is 0 Å². The Morgan fingerprint density at radius 2 is 1.77 bits per heavy atom. The molecule has 1 amide bonds. The lowest BCUT2D eigenvalue weighted by Crippen LogP contribution is -2.31. The number of nitrogens with zero attached hydrogens (tertiary/aromatic N) is 2. The van der Waals surface area contributed by atoms with Gasteiger partial charge in [0, 0.05) is 5.56 Å². The van der Waals surface area contributed by atoms with E-state index in [1.807, 2.05) is 49.1 Å². The Hall–Kier alpha value is -2.98. The Kier molecular flexibility index (Phi) is 5.69. The average Bonchev–Trinajstić information content (AvgIpc) is 3.16. The summed E-state index contributed by atoms with van der Waals surface area (Å²) in [6.07, 6.45) is 0. The molecule has 3 nitrogen and oxygen atoms in total. The van der Waals surface area contributed by atoms with Crippen molar-refractivity contribution in [2.75, 3.05) is 4.90 Å². The van der Waals surface area contributed by atoms with Crippen LogP contribution >= 0.6 is 11.3 Å². The lowest BCUT2D eigenvalue weighted by molar-refractivity contribution is 0.0984. The molecule has 0 bridgehead atoms. The monoisotopic (exact) mass is 414 g/mol. The van der Waals surface area contributed by atoms with Crippen LogP contribution in [0.15, 0.2) is 66.7 Å². The van der Waals surface area contributed by atoms with Gasteiger partial charge in [-0.2, -0.15) is 0 Å². The van der Waals surface area contributed by atoms with E-state index < -0.39 is 0 Å². The standard InChI is InChI=1S/C26H26N2OS/c1-17(2)21-11-8-12-23-24(21)27-26(30-23)28(16-20-9-6-5-7-10-20)25(29)22-14-13-18(3)15-19(22)4/h5-15,17H,16H2,1-4H3. The number of aryl methyl sites for hydroxylation is 2. The maximum atomic E-state index is 13.7. The molecule has 0 unspecified atom stereocenters. The molecule has 152 valence electrons. The van der Waals surface area contributed by atoms with Crippen molar-refractivity contribution in [3.05, 3.63) is 94.5 Å². The first-order valence-corrected chi connectivity index (χ1v) is 11.1. The first-order valence-electron chi connectivity index (χ1n) is 10.3. The topological polar surface area (TPSA) is 33.2 Å². The van der Waals surface area contributed by atoms with Crippen molar-refractivity contribution < 1.29 is 4.79 Å². The van der Waals surface area contributed by atoms with Crippen molar-refractivity contribution >= 4 is 32.6 Å². The Morgan fingerprint density at radius 3 is 2.47 bits per heavy atom. The molecule has 4 heteroatoms. The summed E-state index contributed by atoms with van der Waals surface area (Å²) in [7, 11) is 0. The number of para-hydroxylation sites is 1. The van der Waals surface area contributed by atoms with Crippen LogP contribution in [0.1, 0.15) is 52.4 Å². The number of rotatable bonds is 5. The molecular weight excluding hydrogens is 388 g/mol. The summed E-state index contributed by atoms with van der Waals surface area (Å²) in [6.45, 7) is 8.89.